The second-order valence-corrected chi connectivity index (χ2v) is 7.48. The molecule has 3 nitrogen and oxygen atoms in total. The van der Waals surface area contributed by atoms with E-state index < -0.39 is 0 Å². The number of hydrogen-bond donors (Lipinski definition) is 0. The minimum Gasteiger partial charge on any atom is -0.497 e. The molecule has 2 aromatic rings. The molecule has 26 heavy (non-hydrogen) atoms. The van der Waals surface area contributed by atoms with Gasteiger partial charge >= 0.3 is 0 Å². The molecule has 0 bridgehead atoms. The summed E-state index contributed by atoms with van der Waals surface area (Å²) in [7, 11) is 1.65. The first-order chi connectivity index (χ1) is 12.4. The fourth-order valence-corrected chi connectivity index (χ4v) is 3.81. The van der Waals surface area contributed by atoms with Crippen LogP contribution in [0.3, 0.4) is 0 Å². The van der Waals surface area contributed by atoms with E-state index in [1.165, 1.54) is 16.8 Å². The van der Waals surface area contributed by atoms with Gasteiger partial charge in [-0.1, -0.05) is 17.7 Å². The summed E-state index contributed by atoms with van der Waals surface area (Å²) in [4.78, 5) is 6.94. The lowest BCUT2D eigenvalue weighted by molar-refractivity contribution is 0.415. The highest BCUT2D eigenvalue weighted by atomic mass is 35.5. The summed E-state index contributed by atoms with van der Waals surface area (Å²) in [5.74, 6) is 0.818. The lowest BCUT2D eigenvalue weighted by atomic mass is 9.88. The van der Waals surface area contributed by atoms with Crippen molar-refractivity contribution in [3.63, 3.8) is 0 Å². The lowest BCUT2D eigenvalue weighted by Crippen LogP contribution is -2.44. The molecule has 0 aromatic heterocycles. The maximum absolute atomic E-state index is 6.58. The third kappa shape index (κ3) is 3.49. The van der Waals surface area contributed by atoms with Gasteiger partial charge in [-0.25, -0.2) is 0 Å². The average Bonchev–Trinajstić information content (AvgIpc) is 2.60. The minimum absolute atomic E-state index is 0.0200. The van der Waals surface area contributed by atoms with Gasteiger partial charge in [0.1, 0.15) is 5.75 Å². The van der Waals surface area contributed by atoms with Gasteiger partial charge in [0, 0.05) is 29.6 Å². The van der Waals surface area contributed by atoms with Gasteiger partial charge in [-0.3, -0.25) is 4.99 Å². The van der Waals surface area contributed by atoms with Crippen LogP contribution in [0.4, 0.5) is 11.4 Å². The predicted octanol–water partition coefficient (Wildman–Crippen LogP) is 6.12. The standard InChI is InChI=1S/C22H25ClN2O/c1-6-25-21-12-20(23)16(11-19(21)15(2)13-22(25,3)4)14-24-17-7-9-18(26-5)10-8-17/h7-14H,6H2,1-5H3. The molecule has 0 spiro atoms. The number of halogens is 1. The first-order valence-corrected chi connectivity index (χ1v) is 9.22. The zero-order valence-corrected chi connectivity index (χ0v) is 16.8. The number of aliphatic imine (C=N–C) groups is 1. The maximum atomic E-state index is 6.58. The van der Waals surface area contributed by atoms with Crippen molar-refractivity contribution in [3.8, 4) is 5.75 Å². The zero-order valence-electron chi connectivity index (χ0n) is 16.0. The van der Waals surface area contributed by atoms with Crippen molar-refractivity contribution in [3.05, 3.63) is 58.6 Å². The van der Waals surface area contributed by atoms with Gasteiger partial charge in [-0.05, 0) is 69.7 Å². The first-order valence-electron chi connectivity index (χ1n) is 8.85. The van der Waals surface area contributed by atoms with E-state index in [-0.39, 0.29) is 5.54 Å². The molecule has 0 saturated carbocycles. The molecule has 0 fully saturated rings. The van der Waals surface area contributed by atoms with Crippen LogP contribution in [-0.4, -0.2) is 25.4 Å². The minimum atomic E-state index is -0.0200. The Morgan fingerprint density at radius 3 is 2.50 bits per heavy atom. The van der Waals surface area contributed by atoms with Gasteiger partial charge in [-0.15, -0.1) is 0 Å². The van der Waals surface area contributed by atoms with E-state index in [0.717, 1.165) is 23.5 Å². The molecule has 4 heteroatoms. The van der Waals surface area contributed by atoms with Crippen LogP contribution >= 0.6 is 11.6 Å². The fourth-order valence-electron chi connectivity index (χ4n) is 3.60. The third-order valence-corrected chi connectivity index (χ3v) is 5.16. The Labute approximate surface area is 161 Å². The van der Waals surface area contributed by atoms with Gasteiger partial charge in [-0.2, -0.15) is 0 Å². The van der Waals surface area contributed by atoms with Gasteiger partial charge in [0.2, 0.25) is 0 Å². The highest BCUT2D eigenvalue weighted by molar-refractivity contribution is 6.33. The Morgan fingerprint density at radius 2 is 1.88 bits per heavy atom. The number of rotatable bonds is 4. The summed E-state index contributed by atoms with van der Waals surface area (Å²) in [6, 6.07) is 11.8. The van der Waals surface area contributed by atoms with Crippen molar-refractivity contribution in [2.75, 3.05) is 18.6 Å². The van der Waals surface area contributed by atoms with E-state index in [1.54, 1.807) is 7.11 Å². The Morgan fingerprint density at radius 1 is 1.19 bits per heavy atom. The Bertz CT molecular complexity index is 866. The van der Waals surface area contributed by atoms with Gasteiger partial charge in [0.15, 0.2) is 0 Å². The summed E-state index contributed by atoms with van der Waals surface area (Å²) in [5.41, 5.74) is 5.43. The molecule has 0 radical (unpaired) electrons. The molecule has 3 rings (SSSR count). The van der Waals surface area contributed by atoms with Crippen molar-refractivity contribution in [1.29, 1.82) is 0 Å². The summed E-state index contributed by atoms with van der Waals surface area (Å²) < 4.78 is 5.18. The van der Waals surface area contributed by atoms with Crippen molar-refractivity contribution < 1.29 is 4.74 Å². The Balaban J connectivity index is 1.98. The quantitative estimate of drug-likeness (QED) is 0.607. The Hall–Kier alpha value is -2.26. The van der Waals surface area contributed by atoms with Crippen LogP contribution in [0.5, 0.6) is 5.75 Å². The number of hydrogen-bond acceptors (Lipinski definition) is 3. The molecular formula is C22H25ClN2O. The van der Waals surface area contributed by atoms with E-state index in [0.29, 0.717) is 5.02 Å². The monoisotopic (exact) mass is 368 g/mol. The number of nitrogens with zero attached hydrogens (tertiary/aromatic N) is 2. The average molecular weight is 369 g/mol. The van der Waals surface area contributed by atoms with Crippen LogP contribution < -0.4 is 9.64 Å². The highest BCUT2D eigenvalue weighted by Gasteiger charge is 2.30. The van der Waals surface area contributed by atoms with Crippen LogP contribution in [0.25, 0.3) is 5.57 Å². The molecule has 0 saturated heterocycles. The van der Waals surface area contributed by atoms with Crippen LogP contribution in [0.15, 0.2) is 47.5 Å². The molecule has 0 aliphatic carbocycles. The van der Waals surface area contributed by atoms with Crippen LogP contribution in [-0.2, 0) is 0 Å². The summed E-state index contributed by atoms with van der Waals surface area (Å²) in [6.45, 7) is 9.73. The van der Waals surface area contributed by atoms with Gasteiger partial charge in [0.05, 0.1) is 23.4 Å². The lowest BCUT2D eigenvalue weighted by Gasteiger charge is -2.43. The molecule has 0 atom stereocenters. The van der Waals surface area contributed by atoms with E-state index in [1.807, 2.05) is 30.5 Å². The number of benzene rings is 2. The van der Waals surface area contributed by atoms with Crippen molar-refractivity contribution in [2.24, 2.45) is 4.99 Å². The number of allylic oxidation sites excluding steroid dienone is 1. The molecule has 0 N–H and O–H groups in total. The number of anilines is 1. The van der Waals surface area contributed by atoms with E-state index in [4.69, 9.17) is 16.3 Å². The predicted molar refractivity (Wildman–Crippen MR) is 112 cm³/mol. The number of fused-ring (bicyclic) bond motifs is 1. The fraction of sp³-hybridized carbons (Fsp3) is 0.318. The third-order valence-electron chi connectivity index (χ3n) is 4.84. The SMILES string of the molecule is CCN1c2cc(Cl)c(C=Nc3ccc(OC)cc3)cc2C(C)=CC1(C)C. The zero-order chi connectivity index (χ0) is 18.9. The summed E-state index contributed by atoms with van der Waals surface area (Å²) in [5, 5.41) is 0.713. The second kappa shape index (κ2) is 7.16. The highest BCUT2D eigenvalue weighted by Crippen LogP contribution is 2.41. The Kier molecular flexibility index (Phi) is 5.10. The molecule has 0 unspecified atom stereocenters. The van der Waals surface area contributed by atoms with Crippen molar-refractivity contribution >= 4 is 34.8 Å². The van der Waals surface area contributed by atoms with Crippen LogP contribution in [0.1, 0.15) is 38.8 Å². The maximum Gasteiger partial charge on any atom is 0.119 e. The summed E-state index contributed by atoms with van der Waals surface area (Å²) >= 11 is 6.58. The normalized spacial score (nSPS) is 15.8. The van der Waals surface area contributed by atoms with E-state index >= 15 is 0 Å². The largest absolute Gasteiger partial charge is 0.497 e. The van der Waals surface area contributed by atoms with Crippen molar-refractivity contribution in [2.45, 2.75) is 33.2 Å². The molecular weight excluding hydrogens is 344 g/mol. The van der Waals surface area contributed by atoms with Gasteiger partial charge in [0.25, 0.3) is 0 Å². The summed E-state index contributed by atoms with van der Waals surface area (Å²) in [6.07, 6.45) is 4.14. The smallest absolute Gasteiger partial charge is 0.119 e. The van der Waals surface area contributed by atoms with Gasteiger partial charge < -0.3 is 9.64 Å². The molecule has 2 aromatic carbocycles. The number of methoxy groups -OCH3 is 1. The van der Waals surface area contributed by atoms with Crippen molar-refractivity contribution in [1.82, 2.24) is 0 Å². The molecule has 1 aliphatic heterocycles. The van der Waals surface area contributed by atoms with E-state index in [2.05, 4.69) is 55.8 Å². The molecule has 136 valence electrons. The molecule has 1 heterocycles. The second-order valence-electron chi connectivity index (χ2n) is 7.07. The molecule has 1 aliphatic rings. The number of ether oxygens (including phenoxy) is 1. The molecule has 0 amide bonds. The first kappa shape index (κ1) is 18.5. The topological polar surface area (TPSA) is 24.8 Å². The van der Waals surface area contributed by atoms with Crippen LogP contribution in [0, 0.1) is 0 Å². The van der Waals surface area contributed by atoms with Crippen LogP contribution in [0.2, 0.25) is 5.02 Å². The number of likely N-dealkylation sites (N-methyl/N-ethyl adjacent to an activating group) is 1. The van der Waals surface area contributed by atoms with E-state index in [9.17, 15) is 0 Å².